The van der Waals surface area contributed by atoms with Crippen LogP contribution in [0.15, 0.2) is 11.6 Å². The minimum Gasteiger partial charge on any atom is -0.458 e. The van der Waals surface area contributed by atoms with Crippen molar-refractivity contribution in [1.82, 2.24) is 0 Å². The maximum absolute atomic E-state index is 13.4. The third-order valence-electron chi connectivity index (χ3n) is 14.9. The summed E-state index contributed by atoms with van der Waals surface area (Å²) in [4.78, 5) is 62.8. The molecule has 0 spiro atoms. The molecule has 330 valence electrons. The molecule has 7 aliphatic rings. The molecule has 0 amide bonds. The Morgan fingerprint density at radius 1 is 0.814 bits per heavy atom. The summed E-state index contributed by atoms with van der Waals surface area (Å²) in [6.45, 7) is 6.57. The summed E-state index contributed by atoms with van der Waals surface area (Å²) < 4.78 is 46.2. The highest BCUT2D eigenvalue weighted by molar-refractivity contribution is 5.85. The molecule has 0 bridgehead atoms. The minimum absolute atomic E-state index is 0.0285. The molecule has 4 saturated carbocycles. The van der Waals surface area contributed by atoms with E-state index in [0.29, 0.717) is 32.1 Å². The summed E-state index contributed by atoms with van der Waals surface area (Å²) in [6, 6.07) is 0. The number of aliphatic hydroxyl groups is 5. The molecule has 18 nitrogen and oxygen atoms in total. The van der Waals surface area contributed by atoms with E-state index in [1.807, 2.05) is 0 Å². The third-order valence-corrected chi connectivity index (χ3v) is 14.9. The second-order valence-corrected chi connectivity index (χ2v) is 18.0. The summed E-state index contributed by atoms with van der Waals surface area (Å²) in [7, 11) is 0. The van der Waals surface area contributed by atoms with Gasteiger partial charge in [-0.05, 0) is 81.6 Å². The molecule has 4 aliphatic carbocycles. The van der Waals surface area contributed by atoms with Gasteiger partial charge in [0.2, 0.25) is 0 Å². The smallest absolute Gasteiger partial charge is 0.331 e. The Hall–Kier alpha value is -3.07. The van der Waals surface area contributed by atoms with Crippen LogP contribution >= 0.6 is 0 Å². The van der Waals surface area contributed by atoms with Crippen LogP contribution in [0.1, 0.15) is 92.4 Å². The summed E-state index contributed by atoms with van der Waals surface area (Å²) >= 11 is 0. The van der Waals surface area contributed by atoms with Crippen molar-refractivity contribution < 1.29 is 87.4 Å². The summed E-state index contributed by atoms with van der Waals surface area (Å²) in [5.41, 5.74) is -3.58. The first-order valence-corrected chi connectivity index (χ1v) is 20.7. The molecular formula is C41H58O18. The number of fused-ring (bicyclic) bond motifs is 5. The normalized spacial score (nSPS) is 48.0. The van der Waals surface area contributed by atoms with Crippen molar-refractivity contribution >= 4 is 30.2 Å². The fraction of sp³-hybridized carbons (Fsp3) is 0.829. The summed E-state index contributed by atoms with van der Waals surface area (Å²) in [5.74, 6) is -3.49. The molecule has 0 aromatic heterocycles. The van der Waals surface area contributed by atoms with Gasteiger partial charge < -0.3 is 68.2 Å². The maximum Gasteiger partial charge on any atom is 0.331 e. The van der Waals surface area contributed by atoms with Gasteiger partial charge in [0, 0.05) is 38.7 Å². The zero-order valence-electron chi connectivity index (χ0n) is 34.1. The second-order valence-electron chi connectivity index (χ2n) is 18.0. The second kappa shape index (κ2) is 16.3. The maximum atomic E-state index is 13.4. The Labute approximate surface area is 341 Å². The Bertz CT molecular complexity index is 1690. The molecule has 0 aromatic rings. The van der Waals surface area contributed by atoms with Crippen molar-refractivity contribution in [1.29, 1.82) is 0 Å². The van der Waals surface area contributed by atoms with Crippen molar-refractivity contribution in [2.24, 2.45) is 28.6 Å². The lowest BCUT2D eigenvalue weighted by atomic mass is 9.41. The van der Waals surface area contributed by atoms with Crippen LogP contribution in [0.25, 0.3) is 0 Å². The number of carbonyl (C=O) groups excluding carboxylic acids is 5. The largest absolute Gasteiger partial charge is 0.458 e. The number of rotatable bonds is 10. The molecule has 2 saturated heterocycles. The van der Waals surface area contributed by atoms with Crippen LogP contribution in [0.5, 0.6) is 0 Å². The van der Waals surface area contributed by atoms with Crippen LogP contribution in [-0.4, -0.2) is 148 Å². The monoisotopic (exact) mass is 838 g/mol. The third kappa shape index (κ3) is 7.53. The molecule has 5 N–H and O–H groups in total. The molecule has 18 heteroatoms. The number of hydrogen-bond acceptors (Lipinski definition) is 18. The first-order valence-electron chi connectivity index (χ1n) is 20.7. The molecule has 0 unspecified atom stereocenters. The van der Waals surface area contributed by atoms with E-state index in [0.717, 1.165) is 32.6 Å². The standard InChI is InChI=1S/C41H58O18/c1-19-30(47)31(48)32(49)36(54-19)53-17-28-33(55-20(2)43)34(56-21(3)44)35(57-22(4)45)37(59-28)58-24-6-11-39(18-42)26-7-10-38(5)25(23-14-29(46)52-16-23)9-13-41(38,51)27(26)8-12-40(39,50)15-24/h14,18-19,24-28,30-37,47-51H,6-13,15-17H2,1-5H3/t19-,24-,25+,26-,27+,28+,30-,31-,32+,33-,34+,35-,36-,37-,38-,39+,40-,41+/m1/s1. The van der Waals surface area contributed by atoms with Gasteiger partial charge in [0.15, 0.2) is 30.9 Å². The zero-order valence-corrected chi connectivity index (χ0v) is 34.1. The fourth-order valence-electron chi connectivity index (χ4n) is 12.1. The number of ether oxygens (including phenoxy) is 8. The fourth-order valence-corrected chi connectivity index (χ4v) is 12.1. The van der Waals surface area contributed by atoms with Crippen molar-refractivity contribution in [3.05, 3.63) is 11.6 Å². The number of aldehydes is 1. The van der Waals surface area contributed by atoms with E-state index < -0.39 is 114 Å². The molecule has 7 rings (SSSR count). The van der Waals surface area contributed by atoms with E-state index in [2.05, 4.69) is 6.92 Å². The van der Waals surface area contributed by atoms with E-state index in [1.54, 1.807) is 0 Å². The molecule has 59 heavy (non-hydrogen) atoms. The van der Waals surface area contributed by atoms with Crippen molar-refractivity contribution in [3.63, 3.8) is 0 Å². The lowest BCUT2D eigenvalue weighted by molar-refractivity contribution is -0.341. The van der Waals surface area contributed by atoms with E-state index >= 15 is 0 Å². The SMILES string of the molecule is CC(=O)O[C@@H]1[C@@H](OC(C)=O)[C@H](O[C@@H]2CC[C@]3(C=O)[C@@H]4CC[C@]5(C)[C@H](C6=CC(=O)OC6)CC[C@]5(O)[C@H]4CC[C@@]3(O)C2)O[C@@H](CO[C@@H]2O[C@H](C)[C@@H](O)[C@@H](O)[C@@H]2O)[C@H]1OC(C)=O. The average Bonchev–Trinajstić information content (AvgIpc) is 3.72. The van der Waals surface area contributed by atoms with E-state index in [-0.39, 0.29) is 56.0 Å². The van der Waals surface area contributed by atoms with E-state index in [4.69, 9.17) is 37.9 Å². The summed E-state index contributed by atoms with van der Waals surface area (Å²) in [6.07, 6.45) is -9.40. The van der Waals surface area contributed by atoms with Crippen LogP contribution in [0, 0.1) is 28.6 Å². The van der Waals surface area contributed by atoms with Gasteiger partial charge in [-0.15, -0.1) is 0 Å². The number of cyclic esters (lactones) is 1. The number of aliphatic hydroxyl groups excluding tert-OH is 3. The average molecular weight is 839 g/mol. The topological polar surface area (TPSA) is 260 Å². The lowest BCUT2D eigenvalue weighted by Gasteiger charge is -2.65. The van der Waals surface area contributed by atoms with Gasteiger partial charge >= 0.3 is 23.9 Å². The Kier molecular flexibility index (Phi) is 12.2. The van der Waals surface area contributed by atoms with Crippen molar-refractivity contribution in [3.8, 4) is 0 Å². The van der Waals surface area contributed by atoms with Gasteiger partial charge in [0.1, 0.15) is 37.3 Å². The Balaban J connectivity index is 1.13. The first kappa shape index (κ1) is 44.0. The Morgan fingerprint density at radius 2 is 1.47 bits per heavy atom. The van der Waals surface area contributed by atoms with Gasteiger partial charge in [0.05, 0.1) is 35.4 Å². The Morgan fingerprint density at radius 3 is 2.12 bits per heavy atom. The van der Waals surface area contributed by atoms with Crippen LogP contribution in [0.3, 0.4) is 0 Å². The lowest BCUT2D eigenvalue weighted by Crippen LogP contribution is -2.69. The number of esters is 4. The molecule has 3 heterocycles. The highest BCUT2D eigenvalue weighted by Gasteiger charge is 2.72. The van der Waals surface area contributed by atoms with Gasteiger partial charge in [-0.3, -0.25) is 14.4 Å². The highest BCUT2D eigenvalue weighted by atomic mass is 16.8. The molecule has 0 aromatic carbocycles. The minimum atomic E-state index is -1.68. The molecule has 18 atom stereocenters. The van der Waals surface area contributed by atoms with Gasteiger partial charge in [-0.25, -0.2) is 4.79 Å². The van der Waals surface area contributed by atoms with Crippen LogP contribution in [0.2, 0.25) is 0 Å². The number of carbonyl (C=O) groups is 5. The van der Waals surface area contributed by atoms with Crippen molar-refractivity contribution in [2.75, 3.05) is 13.2 Å². The van der Waals surface area contributed by atoms with Crippen LogP contribution in [-0.2, 0) is 61.9 Å². The van der Waals surface area contributed by atoms with Crippen molar-refractivity contribution in [2.45, 2.75) is 171 Å². The van der Waals surface area contributed by atoms with E-state index in [9.17, 15) is 49.5 Å². The molecular weight excluding hydrogens is 780 g/mol. The van der Waals surface area contributed by atoms with Gasteiger partial charge in [-0.2, -0.15) is 0 Å². The molecule has 0 radical (unpaired) electrons. The van der Waals surface area contributed by atoms with Gasteiger partial charge in [0.25, 0.3) is 0 Å². The quantitative estimate of drug-likeness (QED) is 0.0857. The number of hydrogen-bond donors (Lipinski definition) is 5. The van der Waals surface area contributed by atoms with Gasteiger partial charge in [-0.1, -0.05) is 6.92 Å². The van der Waals surface area contributed by atoms with Crippen LogP contribution in [0.4, 0.5) is 0 Å². The predicted octanol–water partition coefficient (Wildman–Crippen LogP) is 0.287. The molecule has 6 fully saturated rings. The summed E-state index contributed by atoms with van der Waals surface area (Å²) in [5, 5.41) is 56.3. The van der Waals surface area contributed by atoms with Crippen LogP contribution < -0.4 is 0 Å². The highest BCUT2D eigenvalue weighted by Crippen LogP contribution is 2.70. The predicted molar refractivity (Wildman–Crippen MR) is 196 cm³/mol. The molecule has 3 aliphatic heterocycles. The van der Waals surface area contributed by atoms with E-state index in [1.165, 1.54) is 13.0 Å². The zero-order chi connectivity index (χ0) is 42.8. The first-order chi connectivity index (χ1) is 27.8.